The van der Waals surface area contributed by atoms with Crippen LogP contribution in [0, 0.1) is 29.6 Å². The van der Waals surface area contributed by atoms with Gasteiger partial charge in [-0.2, -0.15) is 0 Å². The van der Waals surface area contributed by atoms with Crippen molar-refractivity contribution in [3.8, 4) is 0 Å². The normalized spacial score (nSPS) is 32.9. The molecular weight excluding hydrogens is 658 g/mol. The molecule has 7 heteroatoms. The van der Waals surface area contributed by atoms with E-state index in [1.165, 1.54) is 4.90 Å². The van der Waals surface area contributed by atoms with E-state index in [0.717, 1.165) is 41.5 Å². The summed E-state index contributed by atoms with van der Waals surface area (Å²) in [6, 6.07) is 22.8. The third-order valence-electron chi connectivity index (χ3n) is 10.2. The highest BCUT2D eigenvalue weighted by atomic mass is 79.9. The van der Waals surface area contributed by atoms with Crippen molar-refractivity contribution in [2.75, 3.05) is 4.90 Å². The highest BCUT2D eigenvalue weighted by molar-refractivity contribution is 9.10. The Hall–Kier alpha value is -2.77. The molecule has 5 aliphatic rings. The molecule has 0 aromatic heterocycles. The van der Waals surface area contributed by atoms with Crippen molar-refractivity contribution in [2.24, 2.45) is 29.6 Å². The summed E-state index contributed by atoms with van der Waals surface area (Å²) in [6.07, 6.45) is 3.00. The maximum absolute atomic E-state index is 14.3. The number of ether oxygens (including phenoxy) is 1. The fourth-order valence-electron chi connectivity index (χ4n) is 8.12. The molecule has 0 radical (unpaired) electrons. The zero-order valence-electron chi connectivity index (χ0n) is 23.8. The third-order valence-corrected chi connectivity index (χ3v) is 12.9. The van der Waals surface area contributed by atoms with Crippen LogP contribution in [-0.4, -0.2) is 23.9 Å². The number of carbonyl (C=O) groups excluding carboxylic acids is 3. The van der Waals surface area contributed by atoms with Gasteiger partial charge in [-0.15, -0.1) is 0 Å². The average molecular weight is 691 g/mol. The first-order valence-electron chi connectivity index (χ1n) is 14.8. The summed E-state index contributed by atoms with van der Waals surface area (Å²) in [7, 11) is 0. The number of benzene rings is 3. The van der Waals surface area contributed by atoms with E-state index in [1.807, 2.05) is 48.5 Å². The number of hydrogen-bond donors (Lipinski definition) is 0. The summed E-state index contributed by atoms with van der Waals surface area (Å²) in [6.45, 7) is 6.59. The number of hydrogen-bond acceptors (Lipinski definition) is 4. The number of alkyl halides is 2. The van der Waals surface area contributed by atoms with E-state index < -0.39 is 20.5 Å². The summed E-state index contributed by atoms with van der Waals surface area (Å²) in [5.74, 6) is -0.816. The van der Waals surface area contributed by atoms with E-state index >= 15 is 0 Å². The molecule has 1 saturated heterocycles. The van der Waals surface area contributed by atoms with E-state index in [0.29, 0.717) is 29.0 Å². The number of carbonyl (C=O) groups is 3. The van der Waals surface area contributed by atoms with Crippen molar-refractivity contribution in [2.45, 2.75) is 54.8 Å². The highest BCUT2D eigenvalue weighted by Gasteiger charge is 2.72. The van der Waals surface area contributed by atoms with Crippen LogP contribution in [-0.2, 0) is 23.0 Å². The molecule has 3 aromatic carbocycles. The maximum atomic E-state index is 14.3. The Bertz CT molecular complexity index is 1490. The van der Waals surface area contributed by atoms with Crippen LogP contribution in [0.3, 0.4) is 0 Å². The minimum absolute atomic E-state index is 0.102. The van der Waals surface area contributed by atoms with Gasteiger partial charge >= 0.3 is 5.97 Å². The van der Waals surface area contributed by atoms with Crippen LogP contribution in [0.1, 0.15) is 72.6 Å². The van der Waals surface area contributed by atoms with Gasteiger partial charge in [0, 0.05) is 0 Å². The van der Waals surface area contributed by atoms with Gasteiger partial charge < -0.3 is 4.74 Å². The number of esters is 1. The molecule has 2 amide bonds. The van der Waals surface area contributed by atoms with Gasteiger partial charge in [0.05, 0.1) is 31.7 Å². The summed E-state index contributed by atoms with van der Waals surface area (Å²) >= 11 is 8.09. The molecule has 1 saturated carbocycles. The maximum Gasteiger partial charge on any atom is 0.338 e. The summed E-state index contributed by atoms with van der Waals surface area (Å²) in [5.41, 5.74) is 4.88. The summed E-state index contributed by atoms with van der Waals surface area (Å²) in [5, 5.41) is 0. The molecule has 5 atom stereocenters. The fraction of sp³-hybridized carbons (Fsp3) is 0.400. The number of nitrogens with zero attached hydrogens (tertiary/aromatic N) is 1. The molecule has 0 spiro atoms. The lowest BCUT2D eigenvalue weighted by atomic mass is 9.54. The Morgan fingerprint density at radius 3 is 1.74 bits per heavy atom. The number of amides is 2. The van der Waals surface area contributed by atoms with E-state index in [-0.39, 0.29) is 23.9 Å². The van der Waals surface area contributed by atoms with Crippen LogP contribution < -0.4 is 4.90 Å². The second kappa shape index (κ2) is 9.88. The molecule has 2 bridgehead atoms. The first-order valence-corrected chi connectivity index (χ1v) is 16.4. The zero-order chi connectivity index (χ0) is 29.6. The second-order valence-electron chi connectivity index (χ2n) is 12.8. The van der Waals surface area contributed by atoms with E-state index in [2.05, 4.69) is 52.6 Å². The second-order valence-corrected chi connectivity index (χ2v) is 15.3. The predicted octanol–water partition coefficient (Wildman–Crippen LogP) is 7.71. The van der Waals surface area contributed by atoms with Crippen molar-refractivity contribution < 1.29 is 19.1 Å². The Balaban J connectivity index is 1.21. The van der Waals surface area contributed by atoms with Gasteiger partial charge in [-0.1, -0.05) is 108 Å². The lowest BCUT2D eigenvalue weighted by molar-refractivity contribution is -0.122. The first kappa shape index (κ1) is 28.0. The van der Waals surface area contributed by atoms with Crippen LogP contribution in [0.2, 0.25) is 0 Å². The number of rotatable bonds is 4. The summed E-state index contributed by atoms with van der Waals surface area (Å²) in [4.78, 5) is 43.1. The molecule has 5 nitrogen and oxygen atoms in total. The lowest BCUT2D eigenvalue weighted by Crippen LogP contribution is -2.56. The van der Waals surface area contributed by atoms with Crippen LogP contribution in [0.15, 0.2) is 72.8 Å². The number of imide groups is 1. The largest absolute Gasteiger partial charge is 0.458 e. The van der Waals surface area contributed by atoms with Crippen LogP contribution in [0.4, 0.5) is 5.69 Å². The van der Waals surface area contributed by atoms with Crippen LogP contribution in [0.5, 0.6) is 0 Å². The molecule has 1 heterocycles. The van der Waals surface area contributed by atoms with Crippen molar-refractivity contribution in [3.05, 3.63) is 101 Å². The molecule has 4 aliphatic carbocycles. The van der Waals surface area contributed by atoms with Crippen molar-refractivity contribution >= 4 is 55.3 Å². The van der Waals surface area contributed by atoms with Gasteiger partial charge in [0.1, 0.15) is 6.10 Å². The first-order chi connectivity index (χ1) is 20.1. The topological polar surface area (TPSA) is 63.7 Å². The molecule has 42 heavy (non-hydrogen) atoms. The molecule has 216 valence electrons. The van der Waals surface area contributed by atoms with Gasteiger partial charge in [-0.25, -0.2) is 9.69 Å². The molecule has 3 aromatic rings. The SMILES string of the molecule is CC1CCC(C(C)C)C(OC(=O)c2ccc(N3C(=O)C4C(C3=O)C3(Br)c5ccccc5C4(Br)c4ccccc43)cc2)C1. The Labute approximate surface area is 263 Å². The quantitative estimate of drug-likeness (QED) is 0.160. The van der Waals surface area contributed by atoms with Gasteiger partial charge in [-0.05, 0) is 77.1 Å². The third kappa shape index (κ3) is 3.75. The molecule has 1 aliphatic heterocycles. The number of halogens is 2. The minimum Gasteiger partial charge on any atom is -0.458 e. The molecule has 5 unspecified atom stereocenters. The van der Waals surface area contributed by atoms with Gasteiger partial charge in [-0.3, -0.25) is 9.59 Å². The monoisotopic (exact) mass is 689 g/mol. The van der Waals surface area contributed by atoms with Crippen molar-refractivity contribution in [1.29, 1.82) is 0 Å². The average Bonchev–Trinajstić information content (AvgIpc) is 3.26. The molecule has 0 N–H and O–H groups in total. The fourth-order valence-corrected chi connectivity index (χ4v) is 10.4. The smallest absolute Gasteiger partial charge is 0.338 e. The van der Waals surface area contributed by atoms with E-state index in [1.54, 1.807) is 24.3 Å². The highest BCUT2D eigenvalue weighted by Crippen LogP contribution is 2.70. The Morgan fingerprint density at radius 2 is 1.29 bits per heavy atom. The van der Waals surface area contributed by atoms with Crippen molar-refractivity contribution in [1.82, 2.24) is 0 Å². The van der Waals surface area contributed by atoms with Gasteiger partial charge in [0.2, 0.25) is 11.8 Å². The summed E-state index contributed by atoms with van der Waals surface area (Å²) < 4.78 is 4.37. The van der Waals surface area contributed by atoms with Crippen LogP contribution in [0.25, 0.3) is 0 Å². The van der Waals surface area contributed by atoms with E-state index in [4.69, 9.17) is 4.74 Å². The molecular formula is C35H33Br2NO4. The molecule has 2 fully saturated rings. The van der Waals surface area contributed by atoms with E-state index in [9.17, 15) is 14.4 Å². The van der Waals surface area contributed by atoms with Gasteiger partial charge in [0.15, 0.2) is 0 Å². The van der Waals surface area contributed by atoms with Gasteiger partial charge in [0.25, 0.3) is 0 Å². The zero-order valence-corrected chi connectivity index (χ0v) is 27.0. The Morgan fingerprint density at radius 1 is 0.810 bits per heavy atom. The predicted molar refractivity (Wildman–Crippen MR) is 169 cm³/mol. The lowest BCUT2D eigenvalue weighted by Gasteiger charge is -2.55. The standard InChI is InChI=1S/C35H33Br2NO4/c1-19(2)23-17-12-20(3)18-28(23)42-33(41)21-13-15-22(16-14-21)38-31(39)29-30(32(38)40)35(37)25-9-5-4-8-24(25)34(29,36)26-10-6-7-11-27(26)35/h4-11,13-16,19-20,23,28-30H,12,17-18H2,1-3H3. The number of anilines is 1. The van der Waals surface area contributed by atoms with Crippen LogP contribution >= 0.6 is 31.9 Å². The minimum atomic E-state index is -0.838. The molecule has 8 rings (SSSR count). The Kier molecular flexibility index (Phi) is 6.59. The van der Waals surface area contributed by atoms with Crippen molar-refractivity contribution in [3.63, 3.8) is 0 Å².